The largest absolute Gasteiger partial charge is 0.372 e. The molecule has 0 radical (unpaired) electrons. The molecule has 2 heterocycles. The lowest BCUT2D eigenvalue weighted by Crippen LogP contribution is -2.49. The highest BCUT2D eigenvalue weighted by Gasteiger charge is 2.26. The Morgan fingerprint density at radius 2 is 2.40 bits per heavy atom. The van der Waals surface area contributed by atoms with Crippen LogP contribution >= 0.6 is 0 Å². The number of aromatic nitrogens is 1. The highest BCUT2D eigenvalue weighted by atomic mass is 16.5. The number of likely N-dealkylation sites (N-methyl/N-ethyl adjacent to an activating group) is 1. The van der Waals surface area contributed by atoms with Gasteiger partial charge in [-0.3, -0.25) is 4.79 Å². The molecule has 5 nitrogen and oxygen atoms in total. The number of ether oxygens (including phenoxy) is 1. The van der Waals surface area contributed by atoms with Gasteiger partial charge in [0, 0.05) is 39.0 Å². The predicted molar refractivity (Wildman–Crippen MR) is 78.7 cm³/mol. The van der Waals surface area contributed by atoms with E-state index in [0.29, 0.717) is 6.61 Å². The van der Waals surface area contributed by atoms with Gasteiger partial charge < -0.3 is 14.5 Å². The van der Waals surface area contributed by atoms with Crippen molar-refractivity contribution in [1.29, 1.82) is 0 Å². The summed E-state index contributed by atoms with van der Waals surface area (Å²) >= 11 is 0. The van der Waals surface area contributed by atoms with Gasteiger partial charge in [0.2, 0.25) is 5.91 Å². The number of amides is 1. The molecule has 0 spiro atoms. The van der Waals surface area contributed by atoms with Crippen LogP contribution in [0.15, 0.2) is 24.4 Å². The molecule has 1 atom stereocenters. The van der Waals surface area contributed by atoms with Crippen molar-refractivity contribution in [3.8, 4) is 0 Å². The number of hydrogen-bond acceptors (Lipinski definition) is 4. The van der Waals surface area contributed by atoms with Crippen LogP contribution in [-0.4, -0.2) is 55.2 Å². The van der Waals surface area contributed by atoms with Gasteiger partial charge in [-0.15, -0.1) is 0 Å². The van der Waals surface area contributed by atoms with Crippen molar-refractivity contribution < 1.29 is 9.53 Å². The zero-order valence-electron chi connectivity index (χ0n) is 12.3. The van der Waals surface area contributed by atoms with Gasteiger partial charge in [-0.25, -0.2) is 4.98 Å². The highest BCUT2D eigenvalue weighted by molar-refractivity contribution is 5.77. The van der Waals surface area contributed by atoms with Gasteiger partial charge >= 0.3 is 0 Å². The molecule has 1 aromatic rings. The van der Waals surface area contributed by atoms with Crippen LogP contribution in [0.2, 0.25) is 0 Å². The predicted octanol–water partition coefficient (Wildman–Crippen LogP) is 1.55. The first kappa shape index (κ1) is 14.8. The number of hydrogen-bond donors (Lipinski definition) is 0. The Labute approximate surface area is 120 Å². The van der Waals surface area contributed by atoms with Crippen molar-refractivity contribution in [2.75, 3.05) is 38.3 Å². The molecule has 1 fully saturated rings. The minimum Gasteiger partial charge on any atom is -0.372 e. The summed E-state index contributed by atoms with van der Waals surface area (Å²) in [6, 6.07) is 6.17. The number of rotatable bonds is 5. The van der Waals surface area contributed by atoms with E-state index in [1.54, 1.807) is 0 Å². The summed E-state index contributed by atoms with van der Waals surface area (Å²) in [5, 5.41) is 0. The molecular formula is C15H23N3O2. The van der Waals surface area contributed by atoms with Gasteiger partial charge in [0.15, 0.2) is 0 Å². The zero-order valence-corrected chi connectivity index (χ0v) is 12.3. The van der Waals surface area contributed by atoms with Crippen molar-refractivity contribution in [3.05, 3.63) is 24.4 Å². The van der Waals surface area contributed by atoms with Gasteiger partial charge in [0.25, 0.3) is 0 Å². The topological polar surface area (TPSA) is 45.7 Å². The lowest BCUT2D eigenvalue weighted by molar-refractivity contribution is -0.136. The van der Waals surface area contributed by atoms with E-state index < -0.39 is 0 Å². The molecule has 1 saturated heterocycles. The third kappa shape index (κ3) is 3.70. The molecule has 0 aliphatic carbocycles. The second-order valence-electron chi connectivity index (χ2n) is 5.07. The van der Waals surface area contributed by atoms with Crippen LogP contribution in [0.3, 0.4) is 0 Å². The van der Waals surface area contributed by atoms with Crippen LogP contribution in [0.4, 0.5) is 5.82 Å². The molecule has 1 aromatic heterocycles. The van der Waals surface area contributed by atoms with Crippen LogP contribution in [0.25, 0.3) is 0 Å². The summed E-state index contributed by atoms with van der Waals surface area (Å²) < 4.78 is 5.20. The Morgan fingerprint density at radius 1 is 1.55 bits per heavy atom. The number of piperidine rings is 1. The summed E-state index contributed by atoms with van der Waals surface area (Å²) in [4.78, 5) is 20.5. The summed E-state index contributed by atoms with van der Waals surface area (Å²) in [7, 11) is 1.87. The Balaban J connectivity index is 1.94. The molecule has 5 heteroatoms. The van der Waals surface area contributed by atoms with Crippen molar-refractivity contribution in [1.82, 2.24) is 9.88 Å². The van der Waals surface area contributed by atoms with Crippen LogP contribution in [0.5, 0.6) is 0 Å². The summed E-state index contributed by atoms with van der Waals surface area (Å²) in [5.41, 5.74) is 0. The van der Waals surface area contributed by atoms with E-state index in [2.05, 4.69) is 9.88 Å². The Kier molecular flexibility index (Phi) is 5.35. The van der Waals surface area contributed by atoms with E-state index in [0.717, 1.165) is 31.7 Å². The average molecular weight is 277 g/mol. The van der Waals surface area contributed by atoms with Gasteiger partial charge in [-0.05, 0) is 31.9 Å². The summed E-state index contributed by atoms with van der Waals surface area (Å²) in [6.45, 7) is 4.49. The first-order valence-corrected chi connectivity index (χ1v) is 7.21. The maximum Gasteiger partial charge on any atom is 0.248 e. The maximum absolute atomic E-state index is 12.0. The first-order chi connectivity index (χ1) is 9.72. The van der Waals surface area contributed by atoms with Crippen LogP contribution in [-0.2, 0) is 9.53 Å². The lowest BCUT2D eigenvalue weighted by atomic mass is 10.0. The van der Waals surface area contributed by atoms with E-state index in [4.69, 9.17) is 4.74 Å². The standard InChI is InChI=1S/C15H23N3O2/c1-3-20-12-15(19)17(2)13-7-6-10-18(11-13)14-8-4-5-9-16-14/h4-5,8-9,13H,3,6-7,10-12H2,1-2H3/t13-/m1/s1. The normalized spacial score (nSPS) is 18.9. The molecular weight excluding hydrogens is 254 g/mol. The molecule has 110 valence electrons. The number of pyridine rings is 1. The van der Waals surface area contributed by atoms with Crippen LogP contribution < -0.4 is 4.90 Å². The second-order valence-corrected chi connectivity index (χ2v) is 5.07. The van der Waals surface area contributed by atoms with E-state index in [-0.39, 0.29) is 18.6 Å². The molecule has 0 bridgehead atoms. The SMILES string of the molecule is CCOCC(=O)N(C)[C@@H]1CCCN(c2ccccn2)C1. The van der Waals surface area contributed by atoms with E-state index in [1.165, 1.54) is 0 Å². The monoisotopic (exact) mass is 277 g/mol. The molecule has 1 aliphatic rings. The minimum atomic E-state index is 0.0553. The lowest BCUT2D eigenvalue weighted by Gasteiger charge is -2.38. The molecule has 0 aromatic carbocycles. The van der Waals surface area contributed by atoms with E-state index in [9.17, 15) is 4.79 Å². The summed E-state index contributed by atoms with van der Waals surface area (Å²) in [5.74, 6) is 1.04. The molecule has 1 amide bonds. The van der Waals surface area contributed by atoms with E-state index >= 15 is 0 Å². The van der Waals surface area contributed by atoms with Crippen molar-refractivity contribution in [2.24, 2.45) is 0 Å². The van der Waals surface area contributed by atoms with Crippen LogP contribution in [0.1, 0.15) is 19.8 Å². The van der Waals surface area contributed by atoms with Crippen molar-refractivity contribution in [2.45, 2.75) is 25.8 Å². The number of nitrogens with zero attached hydrogens (tertiary/aromatic N) is 3. The molecule has 0 N–H and O–H groups in total. The molecule has 0 unspecified atom stereocenters. The fourth-order valence-electron chi connectivity index (χ4n) is 2.51. The Hall–Kier alpha value is -1.62. The number of carbonyl (C=O) groups excluding carboxylic acids is 1. The number of anilines is 1. The van der Waals surface area contributed by atoms with Crippen molar-refractivity contribution >= 4 is 11.7 Å². The maximum atomic E-state index is 12.0. The Bertz CT molecular complexity index is 424. The first-order valence-electron chi connectivity index (χ1n) is 7.21. The average Bonchev–Trinajstić information content (AvgIpc) is 2.53. The van der Waals surface area contributed by atoms with E-state index in [1.807, 2.05) is 43.3 Å². The highest BCUT2D eigenvalue weighted by Crippen LogP contribution is 2.20. The zero-order chi connectivity index (χ0) is 14.4. The number of carbonyl (C=O) groups is 1. The summed E-state index contributed by atoms with van der Waals surface area (Å²) in [6.07, 6.45) is 3.92. The molecule has 1 aliphatic heterocycles. The fourth-order valence-corrected chi connectivity index (χ4v) is 2.51. The van der Waals surface area contributed by atoms with Gasteiger partial charge in [0.1, 0.15) is 12.4 Å². The van der Waals surface area contributed by atoms with Crippen molar-refractivity contribution in [3.63, 3.8) is 0 Å². The Morgan fingerprint density at radius 3 is 3.10 bits per heavy atom. The molecule has 20 heavy (non-hydrogen) atoms. The van der Waals surface area contributed by atoms with Crippen LogP contribution in [0, 0.1) is 0 Å². The quantitative estimate of drug-likeness (QED) is 0.819. The second kappa shape index (κ2) is 7.24. The fraction of sp³-hybridized carbons (Fsp3) is 0.600. The van der Waals surface area contributed by atoms with Gasteiger partial charge in [-0.2, -0.15) is 0 Å². The smallest absolute Gasteiger partial charge is 0.248 e. The van der Waals surface area contributed by atoms with Gasteiger partial charge in [0.05, 0.1) is 0 Å². The van der Waals surface area contributed by atoms with Gasteiger partial charge in [-0.1, -0.05) is 6.07 Å². The minimum absolute atomic E-state index is 0.0553. The molecule has 2 rings (SSSR count). The third-order valence-electron chi connectivity index (χ3n) is 3.74. The molecule has 0 saturated carbocycles. The third-order valence-corrected chi connectivity index (χ3v) is 3.74.